The minimum Gasteiger partial charge on any atom is -0.403 e. The summed E-state index contributed by atoms with van der Waals surface area (Å²) < 4.78 is 0. The van der Waals surface area contributed by atoms with Crippen molar-refractivity contribution in [2.75, 3.05) is 13.6 Å². The molecule has 0 unspecified atom stereocenters. The van der Waals surface area contributed by atoms with Crippen LogP contribution in [0.3, 0.4) is 0 Å². The Morgan fingerprint density at radius 1 is 1.75 bits per heavy atom. The molecule has 0 radical (unpaired) electrons. The number of hydrogen-bond acceptors (Lipinski definition) is 3. The Kier molecular flexibility index (Phi) is 2.85. The van der Waals surface area contributed by atoms with Crippen molar-refractivity contribution in [3.05, 3.63) is 11.9 Å². The van der Waals surface area contributed by atoms with Crippen LogP contribution in [0.5, 0.6) is 0 Å². The highest BCUT2D eigenvalue weighted by molar-refractivity contribution is 5.89. The minimum atomic E-state index is 0.131. The average Bonchev–Trinajstić information content (AvgIpc) is 2.47. The van der Waals surface area contributed by atoms with Crippen LogP contribution in [0.15, 0.2) is 16.9 Å². The Hall–Kier alpha value is -1.32. The zero-order valence-electron chi connectivity index (χ0n) is 7.16. The van der Waals surface area contributed by atoms with E-state index in [0.717, 1.165) is 13.0 Å². The lowest BCUT2D eigenvalue weighted by atomic mass is 10.4. The lowest BCUT2D eigenvalue weighted by Gasteiger charge is -2.14. The Morgan fingerprint density at radius 2 is 2.50 bits per heavy atom. The fraction of sp³-hybridized carbons (Fsp3) is 0.500. The van der Waals surface area contributed by atoms with Crippen molar-refractivity contribution in [1.82, 2.24) is 4.90 Å². The quantitative estimate of drug-likeness (QED) is 0.593. The molecule has 1 heterocycles. The van der Waals surface area contributed by atoms with Gasteiger partial charge in [0, 0.05) is 32.4 Å². The molecule has 4 nitrogen and oxygen atoms in total. The number of nitrogens with two attached hydrogens (primary N) is 1. The summed E-state index contributed by atoms with van der Waals surface area (Å²) in [5.41, 5.74) is 6.05. The largest absolute Gasteiger partial charge is 0.403 e. The van der Waals surface area contributed by atoms with Gasteiger partial charge in [-0.2, -0.15) is 0 Å². The summed E-state index contributed by atoms with van der Waals surface area (Å²) in [4.78, 5) is 16.7. The topological polar surface area (TPSA) is 58.7 Å². The molecule has 12 heavy (non-hydrogen) atoms. The van der Waals surface area contributed by atoms with Crippen LogP contribution in [-0.2, 0) is 4.79 Å². The maximum absolute atomic E-state index is 11.2. The summed E-state index contributed by atoms with van der Waals surface area (Å²) >= 11 is 0. The predicted octanol–water partition coefficient (Wildman–Crippen LogP) is 0.109. The van der Waals surface area contributed by atoms with Crippen LogP contribution in [0, 0.1) is 0 Å². The summed E-state index contributed by atoms with van der Waals surface area (Å²) in [7, 11) is 1.66. The Labute approximate surface area is 71.8 Å². The van der Waals surface area contributed by atoms with Crippen molar-refractivity contribution < 1.29 is 4.79 Å². The second kappa shape index (κ2) is 3.90. The zero-order chi connectivity index (χ0) is 8.97. The second-order valence-corrected chi connectivity index (χ2v) is 2.63. The molecule has 0 spiro atoms. The molecule has 0 aliphatic carbocycles. The van der Waals surface area contributed by atoms with Gasteiger partial charge in [-0.3, -0.25) is 9.79 Å². The first-order chi connectivity index (χ1) is 5.79. The van der Waals surface area contributed by atoms with Crippen molar-refractivity contribution in [3.8, 4) is 0 Å². The monoisotopic (exact) mass is 167 g/mol. The van der Waals surface area contributed by atoms with Gasteiger partial charge in [0.05, 0.1) is 5.70 Å². The number of carbonyl (C=O) groups excluding carboxylic acids is 1. The fourth-order valence-corrected chi connectivity index (χ4v) is 1.26. The molecule has 1 aliphatic heterocycles. The maximum Gasteiger partial charge on any atom is 0.227 e. The van der Waals surface area contributed by atoms with Crippen molar-refractivity contribution in [3.63, 3.8) is 0 Å². The standard InChI is InChI=1S/C8H13N3O/c1-10-6-7(5-9)11-4-2-3-8(11)12/h5-6H,2-4,9H2,1H3. The first-order valence-corrected chi connectivity index (χ1v) is 3.94. The van der Waals surface area contributed by atoms with E-state index in [-0.39, 0.29) is 5.91 Å². The van der Waals surface area contributed by atoms with E-state index >= 15 is 0 Å². The van der Waals surface area contributed by atoms with Crippen LogP contribution in [-0.4, -0.2) is 30.6 Å². The molecule has 1 fully saturated rings. The van der Waals surface area contributed by atoms with Crippen LogP contribution in [0.25, 0.3) is 0 Å². The van der Waals surface area contributed by atoms with Crippen molar-refractivity contribution >= 4 is 12.1 Å². The van der Waals surface area contributed by atoms with E-state index in [1.54, 1.807) is 18.2 Å². The molecule has 0 aromatic rings. The van der Waals surface area contributed by atoms with E-state index in [2.05, 4.69) is 4.99 Å². The van der Waals surface area contributed by atoms with E-state index in [0.29, 0.717) is 12.1 Å². The molecule has 0 saturated carbocycles. The highest BCUT2D eigenvalue weighted by atomic mass is 16.2. The third-order valence-electron chi connectivity index (χ3n) is 1.82. The molecule has 66 valence electrons. The molecule has 2 N–H and O–H groups in total. The Morgan fingerprint density at radius 3 is 2.92 bits per heavy atom. The van der Waals surface area contributed by atoms with Crippen LogP contribution in [0.1, 0.15) is 12.8 Å². The molecule has 1 amide bonds. The van der Waals surface area contributed by atoms with Gasteiger partial charge >= 0.3 is 0 Å². The van der Waals surface area contributed by atoms with E-state index in [1.807, 2.05) is 0 Å². The van der Waals surface area contributed by atoms with Gasteiger partial charge in [-0.25, -0.2) is 0 Å². The zero-order valence-corrected chi connectivity index (χ0v) is 7.16. The van der Waals surface area contributed by atoms with Gasteiger partial charge < -0.3 is 10.6 Å². The average molecular weight is 167 g/mol. The highest BCUT2D eigenvalue weighted by Crippen LogP contribution is 2.14. The molecule has 1 saturated heterocycles. The number of hydrogen-bond donors (Lipinski definition) is 1. The fourth-order valence-electron chi connectivity index (χ4n) is 1.26. The van der Waals surface area contributed by atoms with Crippen LogP contribution < -0.4 is 5.73 Å². The smallest absolute Gasteiger partial charge is 0.227 e. The summed E-state index contributed by atoms with van der Waals surface area (Å²) in [6.45, 7) is 0.758. The summed E-state index contributed by atoms with van der Waals surface area (Å²) in [5, 5.41) is 0. The Balaban J connectivity index is 2.72. The predicted molar refractivity (Wildman–Crippen MR) is 47.6 cm³/mol. The normalized spacial score (nSPS) is 19.6. The number of amides is 1. The number of aliphatic imine (C=N–C) groups is 1. The third-order valence-corrected chi connectivity index (χ3v) is 1.82. The van der Waals surface area contributed by atoms with Crippen LogP contribution >= 0.6 is 0 Å². The highest BCUT2D eigenvalue weighted by Gasteiger charge is 2.22. The van der Waals surface area contributed by atoms with Crippen LogP contribution in [0.2, 0.25) is 0 Å². The van der Waals surface area contributed by atoms with Crippen molar-refractivity contribution in [2.45, 2.75) is 12.8 Å². The van der Waals surface area contributed by atoms with E-state index in [1.165, 1.54) is 6.20 Å². The van der Waals surface area contributed by atoms with Gasteiger partial charge in [-0.15, -0.1) is 0 Å². The van der Waals surface area contributed by atoms with Gasteiger partial charge in [0.1, 0.15) is 0 Å². The lowest BCUT2D eigenvalue weighted by Crippen LogP contribution is -2.25. The molecule has 0 atom stereocenters. The Bertz CT molecular complexity index is 232. The van der Waals surface area contributed by atoms with Gasteiger partial charge in [0.2, 0.25) is 5.91 Å². The van der Waals surface area contributed by atoms with Gasteiger partial charge in [-0.1, -0.05) is 0 Å². The van der Waals surface area contributed by atoms with Gasteiger partial charge in [0.15, 0.2) is 0 Å². The molecule has 0 aromatic carbocycles. The van der Waals surface area contributed by atoms with E-state index in [9.17, 15) is 4.79 Å². The number of rotatable bonds is 2. The molecule has 0 bridgehead atoms. The summed E-state index contributed by atoms with van der Waals surface area (Å²) in [5.74, 6) is 0.131. The molecule has 1 rings (SSSR count). The third kappa shape index (κ3) is 1.64. The second-order valence-electron chi connectivity index (χ2n) is 2.63. The van der Waals surface area contributed by atoms with Crippen molar-refractivity contribution in [1.29, 1.82) is 0 Å². The first kappa shape index (κ1) is 8.77. The van der Waals surface area contributed by atoms with E-state index < -0.39 is 0 Å². The molecular formula is C8H13N3O. The molecule has 0 aromatic heterocycles. The molecular weight excluding hydrogens is 154 g/mol. The van der Waals surface area contributed by atoms with Gasteiger partial charge in [-0.05, 0) is 6.42 Å². The number of likely N-dealkylation sites (tertiary alicyclic amines) is 1. The van der Waals surface area contributed by atoms with Gasteiger partial charge in [0.25, 0.3) is 0 Å². The number of allylic oxidation sites excluding steroid dienone is 1. The SMILES string of the molecule is CN=CC(=CN)N1CCCC1=O. The lowest BCUT2D eigenvalue weighted by molar-refractivity contribution is -0.125. The number of nitrogens with zero attached hydrogens (tertiary/aromatic N) is 2. The van der Waals surface area contributed by atoms with E-state index in [4.69, 9.17) is 5.73 Å². The summed E-state index contributed by atoms with van der Waals surface area (Å²) in [6, 6.07) is 0. The number of carbonyl (C=O) groups is 1. The maximum atomic E-state index is 11.2. The molecule has 4 heteroatoms. The van der Waals surface area contributed by atoms with Crippen molar-refractivity contribution in [2.24, 2.45) is 10.7 Å². The summed E-state index contributed by atoms with van der Waals surface area (Å²) in [6.07, 6.45) is 4.54. The minimum absolute atomic E-state index is 0.131. The van der Waals surface area contributed by atoms with Crippen LogP contribution in [0.4, 0.5) is 0 Å². The molecule has 1 aliphatic rings. The first-order valence-electron chi connectivity index (χ1n) is 3.94.